The largest absolute Gasteiger partial charge is 0.448 e. The maximum atomic E-state index is 10.8. The van der Waals surface area contributed by atoms with Gasteiger partial charge in [-0.3, -0.25) is 4.72 Å². The Bertz CT molecular complexity index is 344. The molecule has 0 atom stereocenters. The lowest BCUT2D eigenvalue weighted by molar-refractivity contribution is 0.248. The Morgan fingerprint density at radius 3 is 2.94 bits per heavy atom. The minimum Gasteiger partial charge on any atom is -0.448 e. The number of rotatable bonds is 7. The van der Waals surface area contributed by atoms with Crippen LogP contribution in [-0.4, -0.2) is 35.3 Å². The van der Waals surface area contributed by atoms with Gasteiger partial charge in [-0.15, -0.1) is 0 Å². The van der Waals surface area contributed by atoms with Gasteiger partial charge in [0.25, 0.3) is 0 Å². The first kappa shape index (κ1) is 14.2. The highest BCUT2D eigenvalue weighted by Crippen LogP contribution is 2.11. The van der Waals surface area contributed by atoms with Crippen LogP contribution in [0.4, 0.5) is 4.79 Å². The highest BCUT2D eigenvalue weighted by molar-refractivity contribution is 8.02. The maximum absolute atomic E-state index is 10.8. The summed E-state index contributed by atoms with van der Waals surface area (Å²) < 4.78 is 7.91. The van der Waals surface area contributed by atoms with Gasteiger partial charge in [-0.2, -0.15) is 11.8 Å². The second kappa shape index (κ2) is 8.30. The molecule has 17 heavy (non-hydrogen) atoms. The number of aryl methyl sites for hydroxylation is 2. The first-order chi connectivity index (χ1) is 8.24. The summed E-state index contributed by atoms with van der Waals surface area (Å²) in [4.78, 5) is 14.9. The molecule has 0 spiro atoms. The van der Waals surface area contributed by atoms with Gasteiger partial charge in [0.2, 0.25) is 0 Å². The minimum absolute atomic E-state index is 0.155. The number of hydrogen-bond donors (Lipinski definition) is 2. The Labute approximate surface area is 110 Å². The quantitative estimate of drug-likeness (QED) is 0.587. The predicted octanol–water partition coefficient (Wildman–Crippen LogP) is 1.84. The van der Waals surface area contributed by atoms with E-state index in [-0.39, 0.29) is 6.03 Å². The number of nitrogens with one attached hydrogen (secondary N) is 2. The second-order valence-corrected chi connectivity index (χ2v) is 5.38. The molecule has 0 saturated carbocycles. The van der Waals surface area contributed by atoms with E-state index in [4.69, 9.17) is 4.42 Å². The Hall–Kier alpha value is -0.820. The molecule has 0 unspecified atom stereocenters. The third kappa shape index (κ3) is 5.88. The average Bonchev–Trinajstić information content (AvgIpc) is 2.73. The van der Waals surface area contributed by atoms with Crippen LogP contribution in [0.2, 0.25) is 0 Å². The van der Waals surface area contributed by atoms with E-state index in [9.17, 15) is 4.79 Å². The van der Waals surface area contributed by atoms with Crippen molar-refractivity contribution in [1.82, 2.24) is 15.0 Å². The van der Waals surface area contributed by atoms with E-state index in [1.54, 1.807) is 7.05 Å². The minimum atomic E-state index is -0.155. The second-order valence-electron chi connectivity index (χ2n) is 3.25. The fourth-order valence-corrected chi connectivity index (χ4v) is 2.78. The summed E-state index contributed by atoms with van der Waals surface area (Å²) in [6.07, 6.45) is 2.39. The molecular weight excluding hydrogens is 258 g/mol. The van der Waals surface area contributed by atoms with E-state index >= 15 is 0 Å². The molecule has 0 aliphatic heterocycles. The van der Waals surface area contributed by atoms with Gasteiger partial charge in [-0.05, 0) is 18.9 Å². The molecule has 0 aromatic carbocycles. The standard InChI is InChI=1S/C10H17N3O2S2/c1-8-9(15-7-12-8)3-4-16-5-6-17-13-10(14)11-2/h7H,3-6H2,1-2H3,(H2,11,13,14). The molecule has 1 aromatic heterocycles. The topological polar surface area (TPSA) is 67.2 Å². The van der Waals surface area contributed by atoms with Gasteiger partial charge in [0, 0.05) is 30.7 Å². The number of amides is 2. The highest BCUT2D eigenvalue weighted by Gasteiger charge is 2.02. The number of urea groups is 1. The lowest BCUT2D eigenvalue weighted by Crippen LogP contribution is -2.27. The fourth-order valence-electron chi connectivity index (χ4n) is 1.10. The van der Waals surface area contributed by atoms with Crippen LogP contribution in [0.15, 0.2) is 10.8 Å². The molecule has 0 saturated heterocycles. The third-order valence-electron chi connectivity index (χ3n) is 2.04. The zero-order chi connectivity index (χ0) is 12.5. The predicted molar refractivity (Wildman–Crippen MR) is 72.3 cm³/mol. The zero-order valence-electron chi connectivity index (χ0n) is 9.99. The van der Waals surface area contributed by atoms with Crippen molar-refractivity contribution in [2.24, 2.45) is 0 Å². The van der Waals surface area contributed by atoms with Crippen LogP contribution >= 0.6 is 23.7 Å². The molecule has 0 aliphatic carbocycles. The van der Waals surface area contributed by atoms with Crippen LogP contribution in [0.25, 0.3) is 0 Å². The smallest absolute Gasteiger partial charge is 0.324 e. The average molecular weight is 275 g/mol. The van der Waals surface area contributed by atoms with Gasteiger partial charge < -0.3 is 9.73 Å². The number of aromatic nitrogens is 1. The van der Waals surface area contributed by atoms with E-state index in [0.717, 1.165) is 35.1 Å². The van der Waals surface area contributed by atoms with Crippen LogP contribution < -0.4 is 10.0 Å². The summed E-state index contributed by atoms with van der Waals surface area (Å²) in [5.74, 6) is 3.87. The number of carbonyl (C=O) groups excluding carboxylic acids is 1. The van der Waals surface area contributed by atoms with Crippen molar-refractivity contribution in [3.63, 3.8) is 0 Å². The lowest BCUT2D eigenvalue weighted by atomic mass is 10.3. The van der Waals surface area contributed by atoms with Crippen molar-refractivity contribution < 1.29 is 9.21 Å². The van der Waals surface area contributed by atoms with E-state index in [0.29, 0.717) is 0 Å². The number of carbonyl (C=O) groups is 1. The Balaban J connectivity index is 1.95. The van der Waals surface area contributed by atoms with Gasteiger partial charge in [-0.25, -0.2) is 9.78 Å². The number of nitrogens with zero attached hydrogens (tertiary/aromatic N) is 1. The molecular formula is C10H17N3O2S2. The molecule has 1 rings (SSSR count). The molecule has 7 heteroatoms. The molecule has 5 nitrogen and oxygen atoms in total. The molecule has 0 bridgehead atoms. The number of hydrogen-bond acceptors (Lipinski definition) is 5. The van der Waals surface area contributed by atoms with Crippen molar-refractivity contribution in [3.05, 3.63) is 17.8 Å². The fraction of sp³-hybridized carbons (Fsp3) is 0.600. The van der Waals surface area contributed by atoms with Crippen molar-refractivity contribution in [1.29, 1.82) is 0 Å². The van der Waals surface area contributed by atoms with Gasteiger partial charge in [0.15, 0.2) is 6.39 Å². The normalized spacial score (nSPS) is 10.2. The molecule has 0 fully saturated rings. The third-order valence-corrected chi connectivity index (χ3v) is 4.02. The van der Waals surface area contributed by atoms with Crippen LogP contribution in [0.3, 0.4) is 0 Å². The number of oxazole rings is 1. The van der Waals surface area contributed by atoms with E-state index < -0.39 is 0 Å². The summed E-state index contributed by atoms with van der Waals surface area (Å²) in [6, 6.07) is -0.155. The van der Waals surface area contributed by atoms with Crippen molar-refractivity contribution in [2.75, 3.05) is 24.3 Å². The SMILES string of the molecule is CNC(=O)NSCCSCCc1ocnc1C. The van der Waals surface area contributed by atoms with Gasteiger partial charge in [0.1, 0.15) is 5.76 Å². The van der Waals surface area contributed by atoms with E-state index in [1.165, 1.54) is 18.3 Å². The summed E-state index contributed by atoms with van der Waals surface area (Å²) in [7, 11) is 1.60. The molecule has 0 radical (unpaired) electrons. The molecule has 96 valence electrons. The van der Waals surface area contributed by atoms with Crippen molar-refractivity contribution >= 4 is 29.7 Å². The summed E-state index contributed by atoms with van der Waals surface area (Å²) >= 11 is 3.26. The molecule has 2 amide bonds. The van der Waals surface area contributed by atoms with Crippen LogP contribution in [0, 0.1) is 6.92 Å². The Morgan fingerprint density at radius 2 is 2.29 bits per heavy atom. The molecule has 2 N–H and O–H groups in total. The van der Waals surface area contributed by atoms with Crippen LogP contribution in [0.1, 0.15) is 11.5 Å². The molecule has 1 aromatic rings. The summed E-state index contributed by atoms with van der Waals surface area (Å²) in [5.41, 5.74) is 0.973. The van der Waals surface area contributed by atoms with Gasteiger partial charge in [-0.1, -0.05) is 0 Å². The van der Waals surface area contributed by atoms with Gasteiger partial charge >= 0.3 is 6.03 Å². The van der Waals surface area contributed by atoms with Crippen LogP contribution in [-0.2, 0) is 6.42 Å². The van der Waals surface area contributed by atoms with E-state index in [2.05, 4.69) is 15.0 Å². The maximum Gasteiger partial charge on any atom is 0.324 e. The first-order valence-electron chi connectivity index (χ1n) is 5.30. The Morgan fingerprint density at radius 1 is 1.47 bits per heavy atom. The zero-order valence-corrected chi connectivity index (χ0v) is 11.6. The lowest BCUT2D eigenvalue weighted by Gasteiger charge is -2.03. The monoisotopic (exact) mass is 275 g/mol. The summed E-state index contributed by atoms with van der Waals surface area (Å²) in [6.45, 7) is 1.95. The number of thioether (sulfide) groups is 1. The van der Waals surface area contributed by atoms with Crippen molar-refractivity contribution in [3.8, 4) is 0 Å². The van der Waals surface area contributed by atoms with Crippen LogP contribution in [0.5, 0.6) is 0 Å². The first-order valence-corrected chi connectivity index (χ1v) is 7.44. The van der Waals surface area contributed by atoms with E-state index in [1.807, 2.05) is 18.7 Å². The molecule has 0 aliphatic rings. The molecule has 1 heterocycles. The summed E-state index contributed by atoms with van der Waals surface area (Å²) in [5, 5.41) is 2.49. The highest BCUT2D eigenvalue weighted by atomic mass is 32.2. The van der Waals surface area contributed by atoms with Crippen molar-refractivity contribution in [2.45, 2.75) is 13.3 Å². The Kier molecular flexibility index (Phi) is 6.95. The van der Waals surface area contributed by atoms with Gasteiger partial charge in [0.05, 0.1) is 5.69 Å².